The molecule has 1 aromatic rings. The Labute approximate surface area is 91.4 Å². The second-order valence-electron chi connectivity index (χ2n) is 4.28. The summed E-state index contributed by atoms with van der Waals surface area (Å²) in [6.07, 6.45) is 3.66. The van der Waals surface area contributed by atoms with Crippen LogP contribution in [-0.4, -0.2) is 23.3 Å². The van der Waals surface area contributed by atoms with Crippen LogP contribution in [-0.2, 0) is 4.74 Å². The molecule has 0 saturated carbocycles. The van der Waals surface area contributed by atoms with Crippen LogP contribution in [0.1, 0.15) is 38.5 Å². The van der Waals surface area contributed by atoms with Crippen molar-refractivity contribution in [3.8, 4) is 0 Å². The lowest BCUT2D eigenvalue weighted by atomic mass is 10.0. The van der Waals surface area contributed by atoms with Gasteiger partial charge in [0.25, 0.3) is 0 Å². The Morgan fingerprint density at radius 2 is 2.13 bits per heavy atom. The molecule has 1 heterocycles. The average Bonchev–Trinajstić information content (AvgIpc) is 2.61. The predicted molar refractivity (Wildman–Crippen MR) is 60.6 cm³/mol. The lowest BCUT2D eigenvalue weighted by Crippen LogP contribution is -2.23. The van der Waals surface area contributed by atoms with Gasteiger partial charge >= 0.3 is 0 Å². The quantitative estimate of drug-likeness (QED) is 0.807. The summed E-state index contributed by atoms with van der Waals surface area (Å²) in [5.41, 5.74) is 6.95. The number of rotatable bonds is 5. The van der Waals surface area contributed by atoms with E-state index in [9.17, 15) is 0 Å². The molecule has 2 unspecified atom stereocenters. The monoisotopic (exact) mass is 211 g/mol. The van der Waals surface area contributed by atoms with Crippen LogP contribution in [0.5, 0.6) is 0 Å². The Kier molecular flexibility index (Phi) is 4.29. The van der Waals surface area contributed by atoms with Crippen LogP contribution in [0.4, 0.5) is 0 Å². The number of hydrogen-bond acceptors (Lipinski definition) is 3. The fourth-order valence-electron chi connectivity index (χ4n) is 1.71. The van der Waals surface area contributed by atoms with Crippen molar-refractivity contribution in [2.75, 3.05) is 13.7 Å². The summed E-state index contributed by atoms with van der Waals surface area (Å²) in [5.74, 6) is 0.497. The second kappa shape index (κ2) is 5.28. The Morgan fingerprint density at radius 1 is 1.47 bits per heavy atom. The van der Waals surface area contributed by atoms with Crippen molar-refractivity contribution in [3.05, 3.63) is 18.2 Å². The van der Waals surface area contributed by atoms with Crippen molar-refractivity contribution in [3.63, 3.8) is 0 Å². The van der Waals surface area contributed by atoms with Gasteiger partial charge in [-0.2, -0.15) is 0 Å². The summed E-state index contributed by atoms with van der Waals surface area (Å²) in [7, 11) is 1.72. The Hall–Kier alpha value is -0.870. The molecule has 0 aliphatic rings. The van der Waals surface area contributed by atoms with Gasteiger partial charge in [0.2, 0.25) is 0 Å². The van der Waals surface area contributed by atoms with E-state index in [0.717, 1.165) is 5.69 Å². The van der Waals surface area contributed by atoms with Crippen LogP contribution in [0.2, 0.25) is 0 Å². The zero-order chi connectivity index (χ0) is 11.4. The molecular formula is C11H21N3O. The molecule has 0 aromatic carbocycles. The maximum Gasteiger partial charge on any atom is 0.0952 e. The highest BCUT2D eigenvalue weighted by molar-refractivity contribution is 5.05. The molecule has 0 aliphatic heterocycles. The third-order valence-corrected chi connectivity index (χ3v) is 2.63. The average molecular weight is 211 g/mol. The van der Waals surface area contributed by atoms with Crippen LogP contribution in [0.15, 0.2) is 12.5 Å². The lowest BCUT2D eigenvalue weighted by Gasteiger charge is -2.24. The third kappa shape index (κ3) is 2.79. The summed E-state index contributed by atoms with van der Waals surface area (Å²) in [5, 5.41) is 0. The summed E-state index contributed by atoms with van der Waals surface area (Å²) in [6, 6.07) is 0.309. The topological polar surface area (TPSA) is 53.1 Å². The van der Waals surface area contributed by atoms with Crippen LogP contribution < -0.4 is 5.73 Å². The van der Waals surface area contributed by atoms with Crippen molar-refractivity contribution in [2.45, 2.75) is 32.9 Å². The summed E-state index contributed by atoms with van der Waals surface area (Å²) in [6.45, 7) is 7.01. The molecule has 0 aliphatic carbocycles. The van der Waals surface area contributed by atoms with Crippen molar-refractivity contribution in [2.24, 2.45) is 11.7 Å². The van der Waals surface area contributed by atoms with Gasteiger partial charge in [0.1, 0.15) is 0 Å². The van der Waals surface area contributed by atoms with E-state index in [1.807, 2.05) is 19.4 Å². The number of nitrogens with zero attached hydrogens (tertiary/aromatic N) is 2. The van der Waals surface area contributed by atoms with Gasteiger partial charge in [0, 0.05) is 19.3 Å². The minimum atomic E-state index is 0.00519. The molecule has 4 nitrogen and oxygen atoms in total. The van der Waals surface area contributed by atoms with Gasteiger partial charge in [-0.3, -0.25) is 0 Å². The Bertz CT molecular complexity index is 294. The summed E-state index contributed by atoms with van der Waals surface area (Å²) < 4.78 is 7.36. The molecule has 15 heavy (non-hydrogen) atoms. The Morgan fingerprint density at radius 3 is 2.60 bits per heavy atom. The molecule has 4 heteroatoms. The summed E-state index contributed by atoms with van der Waals surface area (Å²) in [4.78, 5) is 4.16. The van der Waals surface area contributed by atoms with Crippen LogP contribution in [0.25, 0.3) is 0 Å². The molecule has 0 bridgehead atoms. The number of hydrogen-bond donors (Lipinski definition) is 1. The Balaban J connectivity index is 2.94. The first-order valence-corrected chi connectivity index (χ1v) is 5.34. The van der Waals surface area contributed by atoms with Gasteiger partial charge in [-0.15, -0.1) is 0 Å². The number of aromatic nitrogens is 2. The fourth-order valence-corrected chi connectivity index (χ4v) is 1.71. The number of ether oxygens (including phenoxy) is 1. The molecule has 0 saturated heterocycles. The van der Waals surface area contributed by atoms with Crippen molar-refractivity contribution < 1.29 is 4.74 Å². The molecule has 86 valence electrons. The highest BCUT2D eigenvalue weighted by Gasteiger charge is 2.19. The second-order valence-corrected chi connectivity index (χ2v) is 4.28. The van der Waals surface area contributed by atoms with Crippen LogP contribution in [0.3, 0.4) is 0 Å². The van der Waals surface area contributed by atoms with Crippen molar-refractivity contribution >= 4 is 0 Å². The normalized spacial score (nSPS) is 15.6. The zero-order valence-electron chi connectivity index (χ0n) is 9.97. The van der Waals surface area contributed by atoms with Gasteiger partial charge < -0.3 is 15.0 Å². The SMILES string of the molecule is COCC(C(C)C)n1cncc1C(C)N. The van der Waals surface area contributed by atoms with Gasteiger partial charge in [-0.1, -0.05) is 13.8 Å². The van der Waals surface area contributed by atoms with E-state index < -0.39 is 0 Å². The minimum absolute atomic E-state index is 0.00519. The standard InChI is InChI=1S/C11H21N3O/c1-8(2)11(6-15-4)14-7-13-5-10(14)9(3)12/h5,7-9,11H,6,12H2,1-4H3. The minimum Gasteiger partial charge on any atom is -0.383 e. The number of methoxy groups -OCH3 is 1. The van der Waals surface area contributed by atoms with Gasteiger partial charge in [-0.05, 0) is 12.8 Å². The van der Waals surface area contributed by atoms with E-state index in [1.165, 1.54) is 0 Å². The zero-order valence-corrected chi connectivity index (χ0v) is 9.97. The van der Waals surface area contributed by atoms with Gasteiger partial charge in [-0.25, -0.2) is 4.98 Å². The van der Waals surface area contributed by atoms with Crippen molar-refractivity contribution in [1.82, 2.24) is 9.55 Å². The molecule has 2 atom stereocenters. The van der Waals surface area contributed by atoms with E-state index in [0.29, 0.717) is 18.6 Å². The predicted octanol–water partition coefficient (Wildman–Crippen LogP) is 1.75. The highest BCUT2D eigenvalue weighted by Crippen LogP contribution is 2.22. The van der Waals surface area contributed by atoms with Gasteiger partial charge in [0.05, 0.1) is 24.7 Å². The van der Waals surface area contributed by atoms with Crippen molar-refractivity contribution in [1.29, 1.82) is 0 Å². The lowest BCUT2D eigenvalue weighted by molar-refractivity contribution is 0.131. The fraction of sp³-hybridized carbons (Fsp3) is 0.727. The molecular weight excluding hydrogens is 190 g/mol. The molecule has 0 fully saturated rings. The van der Waals surface area contributed by atoms with E-state index >= 15 is 0 Å². The van der Waals surface area contributed by atoms with E-state index in [4.69, 9.17) is 10.5 Å². The largest absolute Gasteiger partial charge is 0.383 e. The third-order valence-electron chi connectivity index (χ3n) is 2.63. The molecule has 1 rings (SSSR count). The summed E-state index contributed by atoms with van der Waals surface area (Å²) >= 11 is 0. The molecule has 0 radical (unpaired) electrons. The smallest absolute Gasteiger partial charge is 0.0952 e. The molecule has 0 spiro atoms. The number of nitrogens with two attached hydrogens (primary N) is 1. The molecule has 1 aromatic heterocycles. The molecule has 2 N–H and O–H groups in total. The maximum atomic E-state index is 5.89. The first kappa shape index (κ1) is 12.2. The first-order valence-electron chi connectivity index (χ1n) is 5.34. The maximum absolute atomic E-state index is 5.89. The van der Waals surface area contributed by atoms with E-state index in [1.54, 1.807) is 7.11 Å². The van der Waals surface area contributed by atoms with Crippen LogP contribution >= 0.6 is 0 Å². The first-order chi connectivity index (χ1) is 7.07. The van der Waals surface area contributed by atoms with Crippen LogP contribution in [0, 0.1) is 5.92 Å². The number of imidazole rings is 1. The van der Waals surface area contributed by atoms with E-state index in [2.05, 4.69) is 23.4 Å². The molecule has 0 amide bonds. The van der Waals surface area contributed by atoms with E-state index in [-0.39, 0.29) is 6.04 Å². The van der Waals surface area contributed by atoms with Gasteiger partial charge in [0.15, 0.2) is 0 Å². The highest BCUT2D eigenvalue weighted by atomic mass is 16.5.